The van der Waals surface area contributed by atoms with Gasteiger partial charge in [-0.25, -0.2) is 21.2 Å². The lowest BCUT2D eigenvalue weighted by Crippen LogP contribution is -2.17. The predicted molar refractivity (Wildman–Crippen MR) is 123 cm³/mol. The number of hydrogen-bond acceptors (Lipinski definition) is 4. The first-order valence-electron chi connectivity index (χ1n) is 9.55. The van der Waals surface area contributed by atoms with Gasteiger partial charge in [0.1, 0.15) is 5.82 Å². The number of aryl methyl sites for hydroxylation is 1. The van der Waals surface area contributed by atoms with E-state index in [-0.39, 0.29) is 21.2 Å². The second-order valence-corrected chi connectivity index (χ2v) is 10.5. The van der Waals surface area contributed by atoms with Gasteiger partial charge in [0.25, 0.3) is 20.0 Å². The van der Waals surface area contributed by atoms with E-state index in [0.29, 0.717) is 5.56 Å². The number of benzene rings is 4. The van der Waals surface area contributed by atoms with E-state index in [9.17, 15) is 21.2 Å². The van der Waals surface area contributed by atoms with E-state index < -0.39 is 25.9 Å². The van der Waals surface area contributed by atoms with Crippen LogP contribution in [-0.4, -0.2) is 16.8 Å². The molecule has 9 heteroatoms. The molecule has 0 radical (unpaired) electrons. The van der Waals surface area contributed by atoms with Crippen molar-refractivity contribution in [1.82, 2.24) is 0 Å². The van der Waals surface area contributed by atoms with E-state index in [1.54, 1.807) is 25.1 Å². The third-order valence-corrected chi connectivity index (χ3v) is 7.77. The molecule has 0 aliphatic carbocycles. The van der Waals surface area contributed by atoms with Crippen molar-refractivity contribution in [2.24, 2.45) is 0 Å². The van der Waals surface area contributed by atoms with Gasteiger partial charge in [-0.1, -0.05) is 48.5 Å². The van der Waals surface area contributed by atoms with E-state index in [0.717, 1.165) is 16.8 Å². The molecule has 0 atom stereocenters. The third-order valence-electron chi connectivity index (χ3n) is 4.88. The van der Waals surface area contributed by atoms with Gasteiger partial charge < -0.3 is 0 Å². The van der Waals surface area contributed by atoms with Gasteiger partial charge in [0.15, 0.2) is 0 Å². The zero-order chi connectivity index (χ0) is 22.9. The van der Waals surface area contributed by atoms with Gasteiger partial charge in [-0.3, -0.25) is 9.44 Å². The number of rotatable bonds is 6. The topological polar surface area (TPSA) is 92.3 Å². The summed E-state index contributed by atoms with van der Waals surface area (Å²) in [7, 11) is -8.13. The number of sulfonamides is 2. The molecule has 0 heterocycles. The molecule has 0 saturated heterocycles. The largest absolute Gasteiger partial charge is 0.280 e. The van der Waals surface area contributed by atoms with Gasteiger partial charge in [-0.2, -0.15) is 0 Å². The smallest absolute Gasteiger partial charge is 0.262 e. The fraction of sp³-hybridized carbons (Fsp3) is 0.0435. The maximum atomic E-state index is 13.9. The highest BCUT2D eigenvalue weighted by Crippen LogP contribution is 2.26. The molecule has 0 unspecified atom stereocenters. The molecule has 0 spiro atoms. The minimum Gasteiger partial charge on any atom is -0.280 e. The van der Waals surface area contributed by atoms with Crippen LogP contribution in [0.4, 0.5) is 15.8 Å². The molecule has 0 bridgehead atoms. The van der Waals surface area contributed by atoms with Crippen LogP contribution in [-0.2, 0) is 20.0 Å². The molecule has 164 valence electrons. The maximum Gasteiger partial charge on any atom is 0.262 e. The minimum atomic E-state index is -4.16. The Balaban J connectivity index is 1.66. The third kappa shape index (κ3) is 4.44. The van der Waals surface area contributed by atoms with Crippen LogP contribution in [0.15, 0.2) is 94.7 Å². The number of anilines is 2. The molecule has 4 aromatic carbocycles. The van der Waals surface area contributed by atoms with Gasteiger partial charge in [-0.05, 0) is 59.7 Å². The summed E-state index contributed by atoms with van der Waals surface area (Å²) in [4.78, 5) is -0.120. The average Bonchev–Trinajstić information content (AvgIpc) is 2.76. The molecule has 4 rings (SSSR count). The Bertz CT molecular complexity index is 1530. The Morgan fingerprint density at radius 1 is 0.688 bits per heavy atom. The van der Waals surface area contributed by atoms with Crippen molar-refractivity contribution in [2.45, 2.75) is 16.7 Å². The normalized spacial score (nSPS) is 11.9. The van der Waals surface area contributed by atoms with E-state index >= 15 is 0 Å². The van der Waals surface area contributed by atoms with Crippen LogP contribution in [0.25, 0.3) is 10.8 Å². The molecular formula is C23H19FN2O4S2. The number of nitrogens with one attached hydrogen (secondary N) is 2. The molecule has 0 saturated carbocycles. The summed E-state index contributed by atoms with van der Waals surface area (Å²) >= 11 is 0. The summed E-state index contributed by atoms with van der Waals surface area (Å²) in [6.07, 6.45) is 0. The summed E-state index contributed by atoms with van der Waals surface area (Å²) in [6, 6.07) is 21.6. The van der Waals surface area contributed by atoms with E-state index in [1.165, 1.54) is 42.5 Å². The Hall–Kier alpha value is -3.43. The lowest BCUT2D eigenvalue weighted by molar-refractivity contribution is 0.597. The Labute approximate surface area is 185 Å². The predicted octanol–water partition coefficient (Wildman–Crippen LogP) is 4.89. The fourth-order valence-corrected chi connectivity index (χ4v) is 5.67. The van der Waals surface area contributed by atoms with Crippen molar-refractivity contribution in [1.29, 1.82) is 0 Å². The Kier molecular flexibility index (Phi) is 5.62. The zero-order valence-corrected chi connectivity index (χ0v) is 18.5. The fourth-order valence-electron chi connectivity index (χ4n) is 3.25. The van der Waals surface area contributed by atoms with Crippen LogP contribution in [0.2, 0.25) is 0 Å². The second-order valence-electron chi connectivity index (χ2n) is 7.18. The van der Waals surface area contributed by atoms with Crippen LogP contribution in [0.3, 0.4) is 0 Å². The molecular weight excluding hydrogens is 451 g/mol. The highest BCUT2D eigenvalue weighted by molar-refractivity contribution is 7.93. The van der Waals surface area contributed by atoms with Gasteiger partial charge in [-0.15, -0.1) is 0 Å². The standard InChI is InChI=1S/C23H19FN2O4S2/c1-16-10-12-19(15-23(16)32(29,30)26-22-9-5-4-8-21(22)24)25-31(27,28)20-13-11-17-6-2-3-7-18(17)14-20/h2-15,25-26H,1H3. The van der Waals surface area contributed by atoms with Crippen molar-refractivity contribution in [3.05, 3.63) is 96.3 Å². The van der Waals surface area contributed by atoms with Crippen LogP contribution < -0.4 is 9.44 Å². The van der Waals surface area contributed by atoms with Crippen LogP contribution in [0.5, 0.6) is 0 Å². The zero-order valence-electron chi connectivity index (χ0n) is 16.9. The molecule has 2 N–H and O–H groups in total. The summed E-state index contributed by atoms with van der Waals surface area (Å²) in [6.45, 7) is 1.57. The minimum absolute atomic E-state index is 0.0469. The molecule has 0 aliphatic rings. The van der Waals surface area contributed by atoms with Crippen LogP contribution in [0.1, 0.15) is 5.56 Å². The van der Waals surface area contributed by atoms with Gasteiger partial charge in [0, 0.05) is 0 Å². The highest BCUT2D eigenvalue weighted by atomic mass is 32.2. The van der Waals surface area contributed by atoms with E-state index in [4.69, 9.17) is 0 Å². The molecule has 0 amide bonds. The quantitative estimate of drug-likeness (QED) is 0.420. The van der Waals surface area contributed by atoms with Gasteiger partial charge in [0.2, 0.25) is 0 Å². The Morgan fingerprint density at radius 2 is 1.38 bits per heavy atom. The maximum absolute atomic E-state index is 13.9. The van der Waals surface area contributed by atoms with Crippen LogP contribution in [0, 0.1) is 12.7 Å². The Morgan fingerprint density at radius 3 is 2.12 bits per heavy atom. The summed E-state index contributed by atoms with van der Waals surface area (Å²) < 4.78 is 70.1. The summed E-state index contributed by atoms with van der Waals surface area (Å²) in [5, 5.41) is 1.66. The molecule has 0 aromatic heterocycles. The molecule has 0 aliphatic heterocycles. The van der Waals surface area contributed by atoms with Gasteiger partial charge >= 0.3 is 0 Å². The van der Waals surface area contributed by atoms with Crippen molar-refractivity contribution in [3.8, 4) is 0 Å². The summed E-state index contributed by atoms with van der Waals surface area (Å²) in [5.74, 6) is -0.720. The highest BCUT2D eigenvalue weighted by Gasteiger charge is 2.21. The first-order valence-corrected chi connectivity index (χ1v) is 12.5. The molecule has 32 heavy (non-hydrogen) atoms. The van der Waals surface area contributed by atoms with Crippen molar-refractivity contribution in [3.63, 3.8) is 0 Å². The number of para-hydroxylation sites is 1. The van der Waals surface area contributed by atoms with Crippen LogP contribution >= 0.6 is 0 Å². The molecule has 0 fully saturated rings. The lowest BCUT2D eigenvalue weighted by atomic mass is 10.1. The molecule has 6 nitrogen and oxygen atoms in total. The van der Waals surface area contributed by atoms with E-state index in [1.807, 2.05) is 18.2 Å². The van der Waals surface area contributed by atoms with Crippen molar-refractivity contribution < 1.29 is 21.2 Å². The second kappa shape index (κ2) is 8.25. The van der Waals surface area contributed by atoms with Gasteiger partial charge in [0.05, 0.1) is 21.2 Å². The van der Waals surface area contributed by atoms with Crippen molar-refractivity contribution >= 4 is 42.2 Å². The average molecular weight is 471 g/mol. The van der Waals surface area contributed by atoms with Crippen molar-refractivity contribution in [2.75, 3.05) is 9.44 Å². The molecule has 4 aromatic rings. The lowest BCUT2D eigenvalue weighted by Gasteiger charge is -2.14. The number of fused-ring (bicyclic) bond motifs is 1. The van der Waals surface area contributed by atoms with E-state index in [2.05, 4.69) is 9.44 Å². The number of hydrogen-bond donors (Lipinski definition) is 2. The SMILES string of the molecule is Cc1ccc(NS(=O)(=O)c2ccc3ccccc3c2)cc1S(=O)(=O)Nc1ccccc1F. The monoisotopic (exact) mass is 470 g/mol. The number of halogens is 1. The first-order chi connectivity index (χ1) is 15.2. The first kappa shape index (κ1) is 21.8. The summed E-state index contributed by atoms with van der Waals surface area (Å²) in [5.41, 5.74) is 0.245.